The summed E-state index contributed by atoms with van der Waals surface area (Å²) >= 11 is 0. The van der Waals surface area contributed by atoms with Crippen molar-refractivity contribution in [3.8, 4) is 11.3 Å². The van der Waals surface area contributed by atoms with E-state index in [4.69, 9.17) is 4.42 Å². The average molecular weight is 438 g/mol. The molecule has 2 amide bonds. The zero-order valence-corrected chi connectivity index (χ0v) is 18.3. The SMILES string of the molecule is CC(=O)N1CCc2cc(NC(=O)c3cccc4c(=O)c(C)c(-c5ccccc5)oc34)ccc21. The van der Waals surface area contributed by atoms with Crippen LogP contribution in [0.3, 0.4) is 0 Å². The van der Waals surface area contributed by atoms with Gasteiger partial charge in [-0.3, -0.25) is 14.4 Å². The van der Waals surface area contributed by atoms with Crippen molar-refractivity contribution in [2.45, 2.75) is 20.3 Å². The molecule has 0 radical (unpaired) electrons. The molecule has 0 saturated heterocycles. The third-order valence-corrected chi connectivity index (χ3v) is 6.04. The molecular weight excluding hydrogens is 416 g/mol. The standard InChI is InChI=1S/C27H22N2O4/c1-16-24(31)21-9-6-10-22(26(21)33-25(16)18-7-4-3-5-8-18)27(32)28-20-11-12-23-19(15-20)13-14-29(23)17(2)30/h3-12,15H,13-14H2,1-2H3,(H,28,32). The van der Waals surface area contributed by atoms with E-state index in [0.717, 1.165) is 23.2 Å². The Morgan fingerprint density at radius 2 is 1.79 bits per heavy atom. The third-order valence-electron chi connectivity index (χ3n) is 6.04. The molecule has 5 rings (SSSR count). The molecule has 6 heteroatoms. The second-order valence-corrected chi connectivity index (χ2v) is 8.15. The van der Waals surface area contributed by atoms with Crippen LogP contribution in [0.5, 0.6) is 0 Å². The van der Waals surface area contributed by atoms with E-state index in [9.17, 15) is 14.4 Å². The topological polar surface area (TPSA) is 79.6 Å². The quantitative estimate of drug-likeness (QED) is 0.492. The molecule has 0 fully saturated rings. The van der Waals surface area contributed by atoms with E-state index in [1.54, 1.807) is 43.0 Å². The van der Waals surface area contributed by atoms with Crippen LogP contribution in [-0.2, 0) is 11.2 Å². The second kappa shape index (κ2) is 8.06. The highest BCUT2D eigenvalue weighted by Crippen LogP contribution is 2.31. The fraction of sp³-hybridized carbons (Fsp3) is 0.148. The lowest BCUT2D eigenvalue weighted by Crippen LogP contribution is -2.25. The van der Waals surface area contributed by atoms with Gasteiger partial charge in [-0.05, 0) is 49.2 Å². The van der Waals surface area contributed by atoms with Crippen LogP contribution in [0.4, 0.5) is 11.4 Å². The molecule has 33 heavy (non-hydrogen) atoms. The van der Waals surface area contributed by atoms with E-state index in [2.05, 4.69) is 5.32 Å². The minimum atomic E-state index is -0.368. The molecule has 164 valence electrons. The van der Waals surface area contributed by atoms with Crippen LogP contribution in [0.2, 0.25) is 0 Å². The van der Waals surface area contributed by atoms with E-state index < -0.39 is 0 Å². The lowest BCUT2D eigenvalue weighted by Gasteiger charge is -2.15. The third kappa shape index (κ3) is 3.59. The van der Waals surface area contributed by atoms with Crippen molar-refractivity contribution in [2.75, 3.05) is 16.8 Å². The Morgan fingerprint density at radius 1 is 1.00 bits per heavy atom. The smallest absolute Gasteiger partial charge is 0.259 e. The fourth-order valence-electron chi connectivity index (χ4n) is 4.36. The summed E-state index contributed by atoms with van der Waals surface area (Å²) in [5.41, 5.74) is 4.17. The molecule has 6 nitrogen and oxygen atoms in total. The zero-order valence-electron chi connectivity index (χ0n) is 18.3. The molecule has 3 aromatic carbocycles. The van der Waals surface area contributed by atoms with Crippen molar-refractivity contribution in [1.82, 2.24) is 0 Å². The van der Waals surface area contributed by atoms with Gasteiger partial charge >= 0.3 is 0 Å². The normalized spacial score (nSPS) is 12.6. The Morgan fingerprint density at radius 3 is 2.55 bits per heavy atom. The maximum absolute atomic E-state index is 13.2. The van der Waals surface area contributed by atoms with E-state index >= 15 is 0 Å². The van der Waals surface area contributed by atoms with Crippen molar-refractivity contribution >= 4 is 34.2 Å². The Labute approximate surface area is 190 Å². The number of para-hydroxylation sites is 1. The monoisotopic (exact) mass is 438 g/mol. The molecule has 1 aliphatic rings. The molecule has 1 N–H and O–H groups in total. The van der Waals surface area contributed by atoms with Crippen LogP contribution in [0.15, 0.2) is 75.9 Å². The van der Waals surface area contributed by atoms with E-state index in [1.807, 2.05) is 42.5 Å². The summed E-state index contributed by atoms with van der Waals surface area (Å²) in [7, 11) is 0. The highest BCUT2D eigenvalue weighted by Gasteiger charge is 2.23. The second-order valence-electron chi connectivity index (χ2n) is 8.15. The first-order valence-corrected chi connectivity index (χ1v) is 10.8. The van der Waals surface area contributed by atoms with Gasteiger partial charge in [0.05, 0.1) is 10.9 Å². The summed E-state index contributed by atoms with van der Waals surface area (Å²) in [5.74, 6) is 0.0871. The Hall–Kier alpha value is -4.19. The van der Waals surface area contributed by atoms with Gasteiger partial charge in [0.25, 0.3) is 5.91 Å². The highest BCUT2D eigenvalue weighted by atomic mass is 16.3. The summed E-state index contributed by atoms with van der Waals surface area (Å²) in [6, 6.07) is 19.9. The van der Waals surface area contributed by atoms with E-state index in [-0.39, 0.29) is 28.4 Å². The predicted molar refractivity (Wildman–Crippen MR) is 129 cm³/mol. The van der Waals surface area contributed by atoms with Gasteiger partial charge in [0, 0.05) is 36.0 Å². The molecule has 0 unspecified atom stereocenters. The Bertz CT molecular complexity index is 1470. The Kier molecular flexibility index (Phi) is 5.05. The first-order valence-electron chi connectivity index (χ1n) is 10.8. The van der Waals surface area contributed by atoms with Gasteiger partial charge in [0.1, 0.15) is 5.76 Å². The number of carbonyl (C=O) groups is 2. The molecule has 4 aromatic rings. The molecule has 1 aliphatic heterocycles. The average Bonchev–Trinajstić information content (AvgIpc) is 3.25. The maximum Gasteiger partial charge on any atom is 0.259 e. The number of anilines is 2. The summed E-state index contributed by atoms with van der Waals surface area (Å²) in [5, 5.41) is 3.28. The van der Waals surface area contributed by atoms with E-state index in [0.29, 0.717) is 28.9 Å². The number of rotatable bonds is 3. The van der Waals surface area contributed by atoms with Crippen molar-refractivity contribution in [1.29, 1.82) is 0 Å². The number of hydrogen-bond acceptors (Lipinski definition) is 4. The van der Waals surface area contributed by atoms with Gasteiger partial charge < -0.3 is 14.6 Å². The molecule has 1 aromatic heterocycles. The van der Waals surface area contributed by atoms with Crippen molar-refractivity contribution in [2.24, 2.45) is 0 Å². The zero-order chi connectivity index (χ0) is 23.1. The van der Waals surface area contributed by atoms with Crippen LogP contribution in [0.1, 0.15) is 28.4 Å². The number of fused-ring (bicyclic) bond motifs is 2. The van der Waals surface area contributed by atoms with Gasteiger partial charge in [-0.15, -0.1) is 0 Å². The van der Waals surface area contributed by atoms with Crippen LogP contribution in [0.25, 0.3) is 22.3 Å². The van der Waals surface area contributed by atoms with Crippen LogP contribution < -0.4 is 15.6 Å². The first kappa shape index (κ1) is 20.7. The molecule has 2 heterocycles. The fourth-order valence-corrected chi connectivity index (χ4v) is 4.36. The predicted octanol–water partition coefficient (Wildman–Crippen LogP) is 4.93. The van der Waals surface area contributed by atoms with Gasteiger partial charge in [-0.2, -0.15) is 0 Å². The lowest BCUT2D eigenvalue weighted by molar-refractivity contribution is -0.116. The summed E-state index contributed by atoms with van der Waals surface area (Å²) in [4.78, 5) is 39.8. The van der Waals surface area contributed by atoms with Gasteiger partial charge in [-0.1, -0.05) is 36.4 Å². The lowest BCUT2D eigenvalue weighted by atomic mass is 10.0. The molecular formula is C27H22N2O4. The number of amides is 2. The molecule has 0 atom stereocenters. The molecule has 0 aliphatic carbocycles. The van der Waals surface area contributed by atoms with Crippen molar-refractivity contribution in [3.63, 3.8) is 0 Å². The number of nitrogens with zero attached hydrogens (tertiary/aromatic N) is 1. The molecule has 0 spiro atoms. The summed E-state index contributed by atoms with van der Waals surface area (Å²) in [6.07, 6.45) is 0.738. The first-order chi connectivity index (χ1) is 15.9. The van der Waals surface area contributed by atoms with Gasteiger partial charge in [0.2, 0.25) is 5.91 Å². The van der Waals surface area contributed by atoms with Gasteiger partial charge in [-0.25, -0.2) is 0 Å². The van der Waals surface area contributed by atoms with Crippen molar-refractivity contribution < 1.29 is 14.0 Å². The number of hydrogen-bond donors (Lipinski definition) is 1. The minimum Gasteiger partial charge on any atom is -0.455 e. The Balaban J connectivity index is 1.54. The highest BCUT2D eigenvalue weighted by molar-refractivity contribution is 6.11. The largest absolute Gasteiger partial charge is 0.455 e. The minimum absolute atomic E-state index is 0.000772. The maximum atomic E-state index is 13.2. The van der Waals surface area contributed by atoms with E-state index in [1.165, 1.54) is 0 Å². The number of carbonyl (C=O) groups excluding carboxylic acids is 2. The van der Waals surface area contributed by atoms with Crippen LogP contribution in [0, 0.1) is 6.92 Å². The molecule has 0 bridgehead atoms. The summed E-state index contributed by atoms with van der Waals surface area (Å²) < 4.78 is 6.16. The van der Waals surface area contributed by atoms with Gasteiger partial charge in [0.15, 0.2) is 11.0 Å². The van der Waals surface area contributed by atoms with Crippen LogP contribution in [-0.4, -0.2) is 18.4 Å². The summed E-state index contributed by atoms with van der Waals surface area (Å²) in [6.45, 7) is 3.91. The number of nitrogens with one attached hydrogen (secondary N) is 1. The molecule has 0 saturated carbocycles. The number of benzene rings is 3. The van der Waals surface area contributed by atoms with Crippen molar-refractivity contribution in [3.05, 3.63) is 93.6 Å². The van der Waals surface area contributed by atoms with Crippen LogP contribution >= 0.6 is 0 Å².